The number of nitrogen functional groups attached to an aromatic ring is 1. The molecule has 130 valence electrons. The van der Waals surface area contributed by atoms with Gasteiger partial charge in [0.15, 0.2) is 0 Å². The van der Waals surface area contributed by atoms with E-state index >= 15 is 0 Å². The molecule has 1 aromatic heterocycles. The minimum atomic E-state index is 0.259. The van der Waals surface area contributed by atoms with Crippen molar-refractivity contribution in [3.05, 3.63) is 29.7 Å². The van der Waals surface area contributed by atoms with Gasteiger partial charge in [0.2, 0.25) is 5.91 Å². The van der Waals surface area contributed by atoms with Gasteiger partial charge in [-0.15, -0.1) is 0 Å². The Balaban J connectivity index is 1.55. The van der Waals surface area contributed by atoms with Crippen molar-refractivity contribution in [2.24, 2.45) is 0 Å². The topological polar surface area (TPSA) is 75.4 Å². The smallest absolute Gasteiger partial charge is 0.249 e. The molecular weight excluding hydrogens is 302 g/mol. The van der Waals surface area contributed by atoms with Crippen molar-refractivity contribution in [2.75, 3.05) is 25.9 Å². The fourth-order valence-corrected chi connectivity index (χ4v) is 3.63. The molecule has 0 saturated carbocycles. The number of amides is 1. The van der Waals surface area contributed by atoms with Crippen LogP contribution in [0.25, 0.3) is 0 Å². The lowest BCUT2D eigenvalue weighted by Crippen LogP contribution is -2.35. The summed E-state index contributed by atoms with van der Waals surface area (Å²) in [4.78, 5) is 25.5. The van der Waals surface area contributed by atoms with Gasteiger partial charge in [0, 0.05) is 30.9 Å². The molecule has 1 amide bonds. The van der Waals surface area contributed by atoms with E-state index in [9.17, 15) is 4.79 Å². The highest BCUT2D eigenvalue weighted by Crippen LogP contribution is 2.23. The normalized spacial score (nSPS) is 21.7. The van der Waals surface area contributed by atoms with Crippen molar-refractivity contribution in [1.29, 1.82) is 0 Å². The highest BCUT2D eigenvalue weighted by Gasteiger charge is 2.25. The van der Waals surface area contributed by atoms with Crippen molar-refractivity contribution >= 4 is 11.7 Å². The molecule has 0 spiro atoms. The highest BCUT2D eigenvalue weighted by molar-refractivity contribution is 5.93. The zero-order chi connectivity index (χ0) is 16.9. The van der Waals surface area contributed by atoms with E-state index in [1.165, 1.54) is 0 Å². The van der Waals surface area contributed by atoms with E-state index in [-0.39, 0.29) is 5.91 Å². The first-order valence-corrected chi connectivity index (χ1v) is 8.89. The lowest BCUT2D eigenvalue weighted by Gasteiger charge is -2.26. The number of carbonyl (C=O) groups excluding carboxylic acids is 1. The van der Waals surface area contributed by atoms with E-state index in [0.717, 1.165) is 63.0 Å². The van der Waals surface area contributed by atoms with Gasteiger partial charge < -0.3 is 10.6 Å². The van der Waals surface area contributed by atoms with Crippen LogP contribution < -0.4 is 5.73 Å². The fourth-order valence-electron chi connectivity index (χ4n) is 3.63. The monoisotopic (exact) mass is 329 g/mol. The molecule has 1 aliphatic carbocycles. The second-order valence-electron chi connectivity index (χ2n) is 6.81. The van der Waals surface area contributed by atoms with E-state index < -0.39 is 0 Å². The van der Waals surface area contributed by atoms with E-state index in [2.05, 4.69) is 28.0 Å². The van der Waals surface area contributed by atoms with Gasteiger partial charge in [0.25, 0.3) is 0 Å². The number of nitrogens with two attached hydrogens (primary N) is 1. The molecule has 1 aliphatic heterocycles. The van der Waals surface area contributed by atoms with Crippen molar-refractivity contribution in [2.45, 2.75) is 51.1 Å². The van der Waals surface area contributed by atoms with Crippen LogP contribution in [0.4, 0.5) is 5.82 Å². The second kappa shape index (κ2) is 7.75. The molecule has 1 aromatic rings. The number of nitrogens with zero attached hydrogens (tertiary/aromatic N) is 4. The molecule has 0 radical (unpaired) electrons. The highest BCUT2D eigenvalue weighted by atomic mass is 16.2. The van der Waals surface area contributed by atoms with Crippen molar-refractivity contribution in [3.63, 3.8) is 0 Å². The summed E-state index contributed by atoms with van der Waals surface area (Å²) in [5.74, 6) is 1.52. The van der Waals surface area contributed by atoms with Gasteiger partial charge >= 0.3 is 0 Å². The van der Waals surface area contributed by atoms with Crippen molar-refractivity contribution in [3.8, 4) is 0 Å². The SMILES string of the molecule is CN(Cc1nccc(N)n1)[C@@H]1CCCN(C(=O)C2=CCCC2)CC1. The standard InChI is InChI=1S/C18H27N5O/c1-22(13-17-20-10-8-16(19)21-17)15-7-4-11-23(12-9-15)18(24)14-5-2-3-6-14/h5,8,10,15H,2-4,6-7,9,11-13H2,1H3,(H2,19,20,21)/t15-/m1/s1. The van der Waals surface area contributed by atoms with Gasteiger partial charge in [-0.2, -0.15) is 0 Å². The average molecular weight is 329 g/mol. The molecule has 3 rings (SSSR count). The van der Waals surface area contributed by atoms with Crippen LogP contribution in [0.15, 0.2) is 23.9 Å². The third kappa shape index (κ3) is 4.12. The summed E-state index contributed by atoms with van der Waals surface area (Å²) in [6, 6.07) is 2.15. The Morgan fingerprint density at radius 3 is 3.00 bits per heavy atom. The summed E-state index contributed by atoms with van der Waals surface area (Å²) in [5.41, 5.74) is 6.75. The van der Waals surface area contributed by atoms with Gasteiger partial charge in [-0.05, 0) is 51.6 Å². The maximum Gasteiger partial charge on any atom is 0.249 e. The molecule has 0 bridgehead atoms. The molecule has 2 N–H and O–H groups in total. The summed E-state index contributed by atoms with van der Waals surface area (Å²) >= 11 is 0. The molecule has 0 unspecified atom stereocenters. The van der Waals surface area contributed by atoms with Crippen molar-refractivity contribution < 1.29 is 4.79 Å². The molecule has 24 heavy (non-hydrogen) atoms. The van der Waals surface area contributed by atoms with Crippen LogP contribution >= 0.6 is 0 Å². The number of allylic oxidation sites excluding steroid dienone is 1. The van der Waals surface area contributed by atoms with E-state index in [4.69, 9.17) is 5.73 Å². The van der Waals surface area contributed by atoms with Crippen LogP contribution in [-0.2, 0) is 11.3 Å². The lowest BCUT2D eigenvalue weighted by molar-refractivity contribution is -0.127. The molecule has 0 aromatic carbocycles. The Morgan fingerprint density at radius 2 is 2.25 bits per heavy atom. The Morgan fingerprint density at radius 1 is 1.38 bits per heavy atom. The Labute approximate surface area is 143 Å². The first kappa shape index (κ1) is 16.9. The number of rotatable bonds is 4. The molecule has 1 saturated heterocycles. The number of anilines is 1. The first-order valence-electron chi connectivity index (χ1n) is 8.89. The summed E-state index contributed by atoms with van der Waals surface area (Å²) < 4.78 is 0. The number of hydrogen-bond acceptors (Lipinski definition) is 5. The number of carbonyl (C=O) groups is 1. The summed E-state index contributed by atoms with van der Waals surface area (Å²) in [5, 5.41) is 0. The minimum absolute atomic E-state index is 0.259. The maximum atomic E-state index is 12.6. The van der Waals surface area contributed by atoms with Crippen LogP contribution in [0.1, 0.15) is 44.3 Å². The van der Waals surface area contributed by atoms with Gasteiger partial charge in [0.1, 0.15) is 11.6 Å². The molecule has 1 atom stereocenters. The zero-order valence-electron chi connectivity index (χ0n) is 14.4. The minimum Gasteiger partial charge on any atom is -0.384 e. The summed E-state index contributed by atoms with van der Waals surface area (Å²) in [7, 11) is 2.11. The van der Waals surface area contributed by atoms with E-state index in [1.54, 1.807) is 12.3 Å². The van der Waals surface area contributed by atoms with Crippen LogP contribution in [0.5, 0.6) is 0 Å². The molecular formula is C18H27N5O. The predicted molar refractivity (Wildman–Crippen MR) is 94.1 cm³/mol. The van der Waals surface area contributed by atoms with Crippen LogP contribution in [0, 0.1) is 0 Å². The van der Waals surface area contributed by atoms with Crippen molar-refractivity contribution in [1.82, 2.24) is 19.8 Å². The summed E-state index contributed by atoms with van der Waals surface area (Å²) in [6.45, 7) is 2.40. The van der Waals surface area contributed by atoms with E-state index in [0.29, 0.717) is 18.4 Å². The second-order valence-corrected chi connectivity index (χ2v) is 6.81. The van der Waals surface area contributed by atoms with E-state index in [1.807, 2.05) is 4.90 Å². The largest absolute Gasteiger partial charge is 0.384 e. The zero-order valence-corrected chi connectivity index (χ0v) is 14.4. The number of aromatic nitrogens is 2. The number of likely N-dealkylation sites (tertiary alicyclic amines) is 1. The Hall–Kier alpha value is -1.95. The fraction of sp³-hybridized carbons (Fsp3) is 0.611. The molecule has 2 aliphatic rings. The predicted octanol–water partition coefficient (Wildman–Crippen LogP) is 1.98. The summed E-state index contributed by atoms with van der Waals surface area (Å²) in [6.07, 6.45) is 10.1. The van der Waals surface area contributed by atoms with Gasteiger partial charge in [-0.25, -0.2) is 9.97 Å². The molecule has 6 heteroatoms. The van der Waals surface area contributed by atoms with Gasteiger partial charge in [-0.1, -0.05) is 6.08 Å². The third-order valence-electron chi connectivity index (χ3n) is 5.04. The van der Waals surface area contributed by atoms with Crippen LogP contribution in [0.2, 0.25) is 0 Å². The number of hydrogen-bond donors (Lipinski definition) is 1. The molecule has 6 nitrogen and oxygen atoms in total. The average Bonchev–Trinajstić information content (AvgIpc) is 2.98. The Bertz CT molecular complexity index is 615. The third-order valence-corrected chi connectivity index (χ3v) is 5.04. The molecule has 2 heterocycles. The maximum absolute atomic E-state index is 12.6. The van der Waals surface area contributed by atoms with Crippen LogP contribution in [-0.4, -0.2) is 51.9 Å². The van der Waals surface area contributed by atoms with Crippen LogP contribution in [0.3, 0.4) is 0 Å². The first-order chi connectivity index (χ1) is 11.6. The van der Waals surface area contributed by atoms with Gasteiger partial charge in [-0.3, -0.25) is 9.69 Å². The Kier molecular flexibility index (Phi) is 5.45. The quantitative estimate of drug-likeness (QED) is 0.914. The molecule has 1 fully saturated rings. The lowest BCUT2D eigenvalue weighted by atomic mass is 10.1. The van der Waals surface area contributed by atoms with Gasteiger partial charge in [0.05, 0.1) is 6.54 Å².